The largest absolute Gasteiger partial charge is 0.137 e. The lowest BCUT2D eigenvalue weighted by Gasteiger charge is -2.06. The van der Waals surface area contributed by atoms with Gasteiger partial charge >= 0.3 is 0 Å². The third-order valence-corrected chi connectivity index (χ3v) is 4.17. The molecular formula is C9H11BrS. The van der Waals surface area contributed by atoms with Crippen LogP contribution in [0.25, 0.3) is 0 Å². The number of hydrogen-bond acceptors (Lipinski definition) is 1. The van der Waals surface area contributed by atoms with Gasteiger partial charge in [-0.25, -0.2) is 0 Å². The van der Waals surface area contributed by atoms with Gasteiger partial charge in [0.05, 0.1) is 3.79 Å². The Hall–Kier alpha value is 0.180. The summed E-state index contributed by atoms with van der Waals surface area (Å²) >= 11 is 5.40. The summed E-state index contributed by atoms with van der Waals surface area (Å²) in [5, 5.41) is 2.18. The first-order chi connectivity index (χ1) is 5.38. The molecule has 0 atom stereocenters. The Balaban J connectivity index is 2.21. The molecule has 0 amide bonds. The number of thiophene rings is 1. The molecule has 0 nitrogen and oxygen atoms in total. The van der Waals surface area contributed by atoms with Gasteiger partial charge in [0.15, 0.2) is 0 Å². The predicted octanol–water partition coefficient (Wildman–Crippen LogP) is 4.17. The van der Waals surface area contributed by atoms with Crippen molar-refractivity contribution in [2.75, 3.05) is 0 Å². The van der Waals surface area contributed by atoms with Crippen LogP contribution in [-0.2, 0) is 0 Å². The molecule has 0 aromatic carbocycles. The molecule has 0 unspecified atom stereocenters. The highest BCUT2D eigenvalue weighted by Gasteiger charge is 2.19. The Bertz CT molecular complexity index is 235. The zero-order valence-corrected chi connectivity index (χ0v) is 8.75. The lowest BCUT2D eigenvalue weighted by atomic mass is 10.0. The van der Waals surface area contributed by atoms with Crippen molar-refractivity contribution in [1.29, 1.82) is 0 Å². The first-order valence-electron chi connectivity index (χ1n) is 4.11. The third kappa shape index (κ3) is 1.52. The Morgan fingerprint density at radius 1 is 1.36 bits per heavy atom. The molecule has 0 saturated heterocycles. The van der Waals surface area contributed by atoms with Crippen LogP contribution >= 0.6 is 27.3 Å². The Morgan fingerprint density at radius 2 is 2.09 bits per heavy atom. The molecule has 1 heterocycles. The van der Waals surface area contributed by atoms with Crippen LogP contribution < -0.4 is 0 Å². The third-order valence-electron chi connectivity index (χ3n) is 2.44. The van der Waals surface area contributed by atoms with E-state index in [9.17, 15) is 0 Å². The summed E-state index contributed by atoms with van der Waals surface area (Å²) < 4.78 is 1.35. The average molecular weight is 231 g/mol. The summed E-state index contributed by atoms with van der Waals surface area (Å²) in [7, 11) is 0. The second-order valence-electron chi connectivity index (χ2n) is 3.13. The van der Waals surface area contributed by atoms with Crippen LogP contribution in [0.2, 0.25) is 0 Å². The van der Waals surface area contributed by atoms with Gasteiger partial charge in [0, 0.05) is 0 Å². The molecule has 1 aliphatic rings. The molecule has 0 spiro atoms. The van der Waals surface area contributed by atoms with Crippen molar-refractivity contribution < 1.29 is 0 Å². The van der Waals surface area contributed by atoms with Crippen LogP contribution in [0, 0.1) is 0 Å². The number of halogens is 1. The fourth-order valence-corrected chi connectivity index (χ4v) is 3.32. The van der Waals surface area contributed by atoms with Crippen molar-refractivity contribution in [1.82, 2.24) is 0 Å². The number of rotatable bonds is 1. The van der Waals surface area contributed by atoms with Crippen LogP contribution in [-0.4, -0.2) is 0 Å². The van der Waals surface area contributed by atoms with E-state index in [0.29, 0.717) is 0 Å². The first-order valence-corrected chi connectivity index (χ1v) is 5.78. The first kappa shape index (κ1) is 7.81. The number of hydrogen-bond donors (Lipinski definition) is 0. The molecule has 1 aliphatic carbocycles. The summed E-state index contributed by atoms with van der Waals surface area (Å²) in [4.78, 5) is 0. The molecule has 0 radical (unpaired) electrons. The summed E-state index contributed by atoms with van der Waals surface area (Å²) in [5.74, 6) is 0.857. The van der Waals surface area contributed by atoms with Gasteiger partial charge in [0.1, 0.15) is 0 Å². The normalized spacial score (nSPS) is 19.4. The molecule has 2 heteroatoms. The highest BCUT2D eigenvalue weighted by atomic mass is 79.9. The topological polar surface area (TPSA) is 0 Å². The van der Waals surface area contributed by atoms with E-state index in [-0.39, 0.29) is 0 Å². The minimum atomic E-state index is 0.857. The molecule has 2 rings (SSSR count). The molecule has 0 N–H and O–H groups in total. The summed E-state index contributed by atoms with van der Waals surface area (Å²) in [5.41, 5.74) is 1.55. The lowest BCUT2D eigenvalue weighted by molar-refractivity contribution is 0.723. The van der Waals surface area contributed by atoms with Crippen molar-refractivity contribution in [2.45, 2.75) is 31.6 Å². The summed E-state index contributed by atoms with van der Waals surface area (Å²) in [6.45, 7) is 0. The van der Waals surface area contributed by atoms with Crippen LogP contribution in [0.5, 0.6) is 0 Å². The van der Waals surface area contributed by atoms with Crippen molar-refractivity contribution in [3.05, 3.63) is 20.8 Å². The Kier molecular flexibility index (Phi) is 2.33. The van der Waals surface area contributed by atoms with E-state index in [0.717, 1.165) is 5.92 Å². The van der Waals surface area contributed by atoms with Gasteiger partial charge in [-0.15, -0.1) is 11.3 Å². The average Bonchev–Trinajstić information content (AvgIpc) is 2.55. The highest BCUT2D eigenvalue weighted by molar-refractivity contribution is 9.11. The van der Waals surface area contributed by atoms with Gasteiger partial charge in [0.25, 0.3) is 0 Å². The van der Waals surface area contributed by atoms with E-state index in [1.54, 1.807) is 5.56 Å². The molecule has 1 aromatic rings. The fourth-order valence-electron chi connectivity index (χ4n) is 1.83. The summed E-state index contributed by atoms with van der Waals surface area (Å²) in [6.07, 6.45) is 5.64. The molecule has 11 heavy (non-hydrogen) atoms. The standard InChI is InChI=1S/C9H11BrS/c10-9-8(5-6-11-9)7-3-1-2-4-7/h5-7H,1-4H2. The Labute approximate surface area is 79.8 Å². The molecule has 0 aliphatic heterocycles. The zero-order chi connectivity index (χ0) is 7.68. The predicted molar refractivity (Wildman–Crippen MR) is 53.2 cm³/mol. The minimum Gasteiger partial charge on any atom is -0.137 e. The second-order valence-corrected chi connectivity index (χ2v) is 5.37. The van der Waals surface area contributed by atoms with E-state index < -0.39 is 0 Å². The van der Waals surface area contributed by atoms with Crippen LogP contribution in [0.3, 0.4) is 0 Å². The monoisotopic (exact) mass is 230 g/mol. The maximum atomic E-state index is 3.59. The smallest absolute Gasteiger partial charge is 0.0733 e. The van der Waals surface area contributed by atoms with E-state index in [2.05, 4.69) is 27.4 Å². The van der Waals surface area contributed by atoms with Gasteiger partial charge in [-0.2, -0.15) is 0 Å². The Morgan fingerprint density at radius 3 is 2.64 bits per heavy atom. The van der Waals surface area contributed by atoms with Gasteiger partial charge in [-0.1, -0.05) is 12.8 Å². The summed E-state index contributed by atoms with van der Waals surface area (Å²) in [6, 6.07) is 2.27. The van der Waals surface area contributed by atoms with Gasteiger partial charge in [-0.3, -0.25) is 0 Å². The SMILES string of the molecule is Brc1sccc1C1CCCC1. The van der Waals surface area contributed by atoms with Gasteiger partial charge < -0.3 is 0 Å². The van der Waals surface area contributed by atoms with Gasteiger partial charge in [-0.05, 0) is 51.7 Å². The van der Waals surface area contributed by atoms with Crippen molar-refractivity contribution in [3.63, 3.8) is 0 Å². The molecule has 0 bridgehead atoms. The van der Waals surface area contributed by atoms with E-state index in [1.165, 1.54) is 29.5 Å². The van der Waals surface area contributed by atoms with Gasteiger partial charge in [0.2, 0.25) is 0 Å². The minimum absolute atomic E-state index is 0.857. The van der Waals surface area contributed by atoms with Crippen LogP contribution in [0.15, 0.2) is 15.2 Å². The maximum absolute atomic E-state index is 3.59. The van der Waals surface area contributed by atoms with Crippen molar-refractivity contribution in [3.8, 4) is 0 Å². The molecule has 1 saturated carbocycles. The van der Waals surface area contributed by atoms with E-state index in [1.807, 2.05) is 11.3 Å². The maximum Gasteiger partial charge on any atom is 0.0733 e. The van der Waals surface area contributed by atoms with Crippen LogP contribution in [0.1, 0.15) is 37.2 Å². The fraction of sp³-hybridized carbons (Fsp3) is 0.556. The lowest BCUT2D eigenvalue weighted by Crippen LogP contribution is -1.88. The quantitative estimate of drug-likeness (QED) is 0.680. The molecular weight excluding hydrogens is 220 g/mol. The second kappa shape index (κ2) is 3.28. The van der Waals surface area contributed by atoms with E-state index >= 15 is 0 Å². The zero-order valence-electron chi connectivity index (χ0n) is 6.35. The molecule has 1 aromatic heterocycles. The van der Waals surface area contributed by atoms with E-state index in [4.69, 9.17) is 0 Å². The molecule has 60 valence electrons. The van der Waals surface area contributed by atoms with Crippen molar-refractivity contribution in [2.24, 2.45) is 0 Å². The van der Waals surface area contributed by atoms with Crippen molar-refractivity contribution >= 4 is 27.3 Å². The van der Waals surface area contributed by atoms with Crippen LogP contribution in [0.4, 0.5) is 0 Å². The molecule has 1 fully saturated rings. The highest BCUT2D eigenvalue weighted by Crippen LogP contribution is 2.39.